The van der Waals surface area contributed by atoms with Crippen LogP contribution >= 0.6 is 0 Å². The Morgan fingerprint density at radius 3 is 2.32 bits per heavy atom. The van der Waals surface area contributed by atoms with Gasteiger partial charge in [0.25, 0.3) is 5.91 Å². The summed E-state index contributed by atoms with van der Waals surface area (Å²) in [7, 11) is 0. The van der Waals surface area contributed by atoms with Gasteiger partial charge in [0.1, 0.15) is 17.5 Å². The van der Waals surface area contributed by atoms with Crippen LogP contribution in [0.5, 0.6) is 5.75 Å². The van der Waals surface area contributed by atoms with Gasteiger partial charge in [-0.3, -0.25) is 19.5 Å². The molecule has 4 rings (SSSR count). The van der Waals surface area contributed by atoms with Gasteiger partial charge in [-0.2, -0.15) is 0 Å². The fourth-order valence-electron chi connectivity index (χ4n) is 4.44. The molecule has 0 unspecified atom stereocenters. The van der Waals surface area contributed by atoms with Crippen molar-refractivity contribution >= 4 is 17.5 Å². The molecule has 2 aromatic carbocycles. The molecule has 1 heterocycles. The van der Waals surface area contributed by atoms with E-state index < -0.39 is 6.04 Å². The Morgan fingerprint density at radius 1 is 0.971 bits per heavy atom. The maximum atomic E-state index is 13.8. The Hall–Kier alpha value is -3.67. The van der Waals surface area contributed by atoms with Gasteiger partial charge < -0.3 is 10.1 Å². The highest BCUT2D eigenvalue weighted by atomic mass is 16.5. The number of anilines is 1. The van der Waals surface area contributed by atoms with Crippen LogP contribution in [0.4, 0.5) is 5.69 Å². The van der Waals surface area contributed by atoms with Gasteiger partial charge in [-0.25, -0.2) is 0 Å². The summed E-state index contributed by atoms with van der Waals surface area (Å²) in [4.78, 5) is 33.4. The number of nitrogens with one attached hydrogen (secondary N) is 1. The molecule has 1 aliphatic carbocycles. The van der Waals surface area contributed by atoms with Gasteiger partial charge >= 0.3 is 0 Å². The number of nitrogens with zero attached hydrogens (tertiary/aromatic N) is 2. The van der Waals surface area contributed by atoms with E-state index in [-0.39, 0.29) is 23.6 Å². The van der Waals surface area contributed by atoms with Crippen molar-refractivity contribution < 1.29 is 14.3 Å². The quantitative estimate of drug-likeness (QED) is 0.497. The molecule has 3 aromatic rings. The third kappa shape index (κ3) is 5.63. The van der Waals surface area contributed by atoms with Crippen molar-refractivity contribution in [1.29, 1.82) is 0 Å². The second-order valence-electron chi connectivity index (χ2n) is 8.47. The highest BCUT2D eigenvalue weighted by Crippen LogP contribution is 2.31. The number of benzene rings is 2. The number of hydrogen-bond acceptors (Lipinski definition) is 4. The van der Waals surface area contributed by atoms with Crippen LogP contribution in [0.25, 0.3) is 0 Å². The molecule has 0 aliphatic heterocycles. The Morgan fingerprint density at radius 2 is 1.68 bits per heavy atom. The van der Waals surface area contributed by atoms with Gasteiger partial charge in [0.2, 0.25) is 5.91 Å². The first kappa shape index (κ1) is 23.5. The molecule has 1 fully saturated rings. The number of amides is 2. The van der Waals surface area contributed by atoms with Crippen LogP contribution in [0.3, 0.4) is 0 Å². The van der Waals surface area contributed by atoms with Crippen LogP contribution in [-0.4, -0.2) is 29.4 Å². The first-order valence-electron chi connectivity index (χ1n) is 12.0. The molecule has 0 spiro atoms. The summed E-state index contributed by atoms with van der Waals surface area (Å²) in [5.41, 5.74) is 1.63. The average Bonchev–Trinajstić information content (AvgIpc) is 2.89. The van der Waals surface area contributed by atoms with Gasteiger partial charge in [0.05, 0.1) is 6.61 Å². The highest BCUT2D eigenvalue weighted by molar-refractivity contribution is 6.09. The van der Waals surface area contributed by atoms with Gasteiger partial charge in [0, 0.05) is 17.9 Å². The number of pyridine rings is 1. The summed E-state index contributed by atoms with van der Waals surface area (Å²) in [6, 6.07) is 21.2. The number of carbonyl (C=O) groups is 2. The Kier molecular flexibility index (Phi) is 7.91. The number of hydrogen-bond donors (Lipinski definition) is 1. The standard InChI is InChI=1S/C28H31N3O3/c1-2-34-24-18-16-21(17-19-24)26(27(32)30-22-11-5-3-6-12-22)31(23-13-7-4-8-14-23)28(33)25-15-9-10-20-29-25/h4,7-10,13-20,22,26H,2-3,5-6,11-12H2,1H3,(H,30,32)/t26-/m0/s1. The Balaban J connectivity index is 1.76. The van der Waals surface area contributed by atoms with Crippen molar-refractivity contribution in [2.24, 2.45) is 0 Å². The van der Waals surface area contributed by atoms with Gasteiger partial charge in [0.15, 0.2) is 0 Å². The van der Waals surface area contributed by atoms with E-state index in [1.54, 1.807) is 29.3 Å². The molecular weight excluding hydrogens is 426 g/mol. The van der Waals surface area contributed by atoms with Crippen molar-refractivity contribution in [3.63, 3.8) is 0 Å². The average molecular weight is 458 g/mol. The summed E-state index contributed by atoms with van der Waals surface area (Å²) in [5, 5.41) is 3.23. The summed E-state index contributed by atoms with van der Waals surface area (Å²) < 4.78 is 5.59. The monoisotopic (exact) mass is 457 g/mol. The lowest BCUT2D eigenvalue weighted by atomic mass is 9.94. The van der Waals surface area contributed by atoms with E-state index >= 15 is 0 Å². The smallest absolute Gasteiger partial charge is 0.277 e. The fraction of sp³-hybridized carbons (Fsp3) is 0.321. The van der Waals surface area contributed by atoms with Crippen LogP contribution in [0, 0.1) is 0 Å². The van der Waals surface area contributed by atoms with E-state index in [1.165, 1.54) is 6.42 Å². The molecule has 1 aromatic heterocycles. The highest BCUT2D eigenvalue weighted by Gasteiger charge is 2.35. The summed E-state index contributed by atoms with van der Waals surface area (Å²) >= 11 is 0. The minimum atomic E-state index is -0.852. The normalized spacial score (nSPS) is 14.7. The molecule has 0 radical (unpaired) electrons. The van der Waals surface area contributed by atoms with E-state index in [4.69, 9.17) is 4.74 Å². The summed E-state index contributed by atoms with van der Waals surface area (Å²) in [6.45, 7) is 2.48. The third-order valence-corrected chi connectivity index (χ3v) is 6.10. The van der Waals surface area contributed by atoms with Crippen molar-refractivity contribution in [3.05, 3.63) is 90.3 Å². The molecular formula is C28H31N3O3. The Bertz CT molecular complexity index is 1070. The molecule has 1 N–H and O–H groups in total. The van der Waals surface area contributed by atoms with E-state index in [1.807, 2.05) is 61.5 Å². The van der Waals surface area contributed by atoms with Crippen molar-refractivity contribution in [1.82, 2.24) is 10.3 Å². The van der Waals surface area contributed by atoms with Gasteiger partial charge in [-0.15, -0.1) is 0 Å². The minimum Gasteiger partial charge on any atom is -0.494 e. The van der Waals surface area contributed by atoms with Crippen LogP contribution in [0.15, 0.2) is 79.0 Å². The topological polar surface area (TPSA) is 71.5 Å². The number of aromatic nitrogens is 1. The van der Waals surface area contributed by atoms with Crippen LogP contribution in [0.1, 0.15) is 61.1 Å². The molecule has 6 nitrogen and oxygen atoms in total. The number of ether oxygens (including phenoxy) is 1. The molecule has 0 saturated heterocycles. The lowest BCUT2D eigenvalue weighted by Crippen LogP contribution is -2.47. The van der Waals surface area contributed by atoms with E-state index in [0.29, 0.717) is 17.9 Å². The molecule has 0 bridgehead atoms. The van der Waals surface area contributed by atoms with E-state index in [0.717, 1.165) is 31.4 Å². The number of para-hydroxylation sites is 1. The number of carbonyl (C=O) groups excluding carboxylic acids is 2. The van der Waals surface area contributed by atoms with Crippen molar-refractivity contribution in [2.75, 3.05) is 11.5 Å². The van der Waals surface area contributed by atoms with Crippen molar-refractivity contribution in [2.45, 2.75) is 51.1 Å². The molecule has 176 valence electrons. The SMILES string of the molecule is CCOc1ccc([C@@H](C(=O)NC2CCCCC2)N(C(=O)c2ccccn2)c2ccccc2)cc1. The zero-order valence-electron chi connectivity index (χ0n) is 19.5. The maximum absolute atomic E-state index is 13.8. The fourth-order valence-corrected chi connectivity index (χ4v) is 4.44. The molecule has 34 heavy (non-hydrogen) atoms. The number of rotatable bonds is 8. The Labute approximate surface area is 201 Å². The molecule has 1 saturated carbocycles. The van der Waals surface area contributed by atoms with Gasteiger partial charge in [-0.05, 0) is 61.7 Å². The van der Waals surface area contributed by atoms with E-state index in [9.17, 15) is 9.59 Å². The lowest BCUT2D eigenvalue weighted by molar-refractivity contribution is -0.123. The van der Waals surface area contributed by atoms with Crippen LogP contribution < -0.4 is 15.0 Å². The van der Waals surface area contributed by atoms with Crippen molar-refractivity contribution in [3.8, 4) is 5.75 Å². The molecule has 1 atom stereocenters. The third-order valence-electron chi connectivity index (χ3n) is 6.10. The van der Waals surface area contributed by atoms with Gasteiger partial charge in [-0.1, -0.05) is 55.7 Å². The lowest BCUT2D eigenvalue weighted by Gasteiger charge is -2.33. The zero-order chi connectivity index (χ0) is 23.8. The first-order valence-corrected chi connectivity index (χ1v) is 12.0. The second kappa shape index (κ2) is 11.5. The van der Waals surface area contributed by atoms with Crippen LogP contribution in [0.2, 0.25) is 0 Å². The predicted octanol–water partition coefficient (Wildman–Crippen LogP) is 5.32. The maximum Gasteiger partial charge on any atom is 0.277 e. The summed E-state index contributed by atoms with van der Waals surface area (Å²) in [5.74, 6) is 0.202. The molecule has 1 aliphatic rings. The first-order chi connectivity index (χ1) is 16.7. The minimum absolute atomic E-state index is 0.119. The largest absolute Gasteiger partial charge is 0.494 e. The summed E-state index contributed by atoms with van der Waals surface area (Å²) in [6.07, 6.45) is 6.91. The molecule has 6 heteroatoms. The molecule has 2 amide bonds. The zero-order valence-corrected chi connectivity index (χ0v) is 19.5. The second-order valence-corrected chi connectivity index (χ2v) is 8.47. The predicted molar refractivity (Wildman–Crippen MR) is 133 cm³/mol. The van der Waals surface area contributed by atoms with Crippen LogP contribution in [-0.2, 0) is 4.79 Å². The van der Waals surface area contributed by atoms with E-state index in [2.05, 4.69) is 10.3 Å².